The third-order valence-corrected chi connectivity index (χ3v) is 4.95. The number of hydrogen-bond acceptors (Lipinski definition) is 2. The molecule has 0 atom stereocenters. The topological polar surface area (TPSA) is 30.7 Å². The van der Waals surface area contributed by atoms with Crippen molar-refractivity contribution in [2.24, 2.45) is 0 Å². The van der Waals surface area contributed by atoms with Gasteiger partial charge in [0, 0.05) is 15.2 Å². The number of hydrogen-bond donors (Lipinski definition) is 0. The van der Waals surface area contributed by atoms with Crippen LogP contribution in [0.4, 0.5) is 0 Å². The Morgan fingerprint density at radius 1 is 0.955 bits per heavy atom. The molecule has 0 aliphatic carbocycles. The molecule has 0 aliphatic heterocycles. The highest BCUT2D eigenvalue weighted by Gasteiger charge is 2.13. The zero-order valence-electron chi connectivity index (χ0n) is 11.5. The Balaban J connectivity index is 1.93. The first-order valence-corrected chi connectivity index (χ1v) is 8.45. The molecule has 3 nitrogen and oxygen atoms in total. The average molecular weight is 417 g/mol. The van der Waals surface area contributed by atoms with E-state index in [-0.39, 0.29) is 0 Å². The van der Waals surface area contributed by atoms with E-state index in [1.54, 1.807) is 0 Å². The summed E-state index contributed by atoms with van der Waals surface area (Å²) in [6.07, 6.45) is 1.83. The Hall–Kier alpha value is -1.72. The van der Waals surface area contributed by atoms with Gasteiger partial charge in [-0.3, -0.25) is 9.67 Å². The Bertz CT molecular complexity index is 977. The fourth-order valence-corrected chi connectivity index (χ4v) is 3.59. The first kappa shape index (κ1) is 13.9. The normalized spacial score (nSPS) is 11.4. The molecule has 0 bridgehead atoms. The molecule has 0 fully saturated rings. The molecule has 0 saturated carbocycles. The molecule has 0 unspecified atom stereocenters. The van der Waals surface area contributed by atoms with E-state index in [9.17, 15) is 0 Å². The van der Waals surface area contributed by atoms with Crippen LogP contribution in [-0.2, 0) is 6.54 Å². The van der Waals surface area contributed by atoms with Gasteiger partial charge in [-0.15, -0.1) is 0 Å². The van der Waals surface area contributed by atoms with Crippen molar-refractivity contribution in [3.05, 3.63) is 69.4 Å². The molecular formula is C17H11Br2N3. The number of fused-ring (bicyclic) bond motifs is 3. The SMILES string of the molecule is Brc1ccc2ncc3nn(Cc4ccccc4)c(Br)c3c2c1. The minimum Gasteiger partial charge on any atom is -0.254 e. The second kappa shape index (κ2) is 5.48. The predicted octanol–water partition coefficient (Wildman–Crippen LogP) is 5.16. The molecule has 108 valence electrons. The number of rotatable bonds is 2. The van der Waals surface area contributed by atoms with Gasteiger partial charge in [0.05, 0.1) is 18.3 Å². The van der Waals surface area contributed by atoms with E-state index in [2.05, 4.69) is 60.1 Å². The lowest BCUT2D eigenvalue weighted by atomic mass is 10.1. The molecule has 0 amide bonds. The summed E-state index contributed by atoms with van der Waals surface area (Å²) < 4.78 is 4.00. The average Bonchev–Trinajstić information content (AvgIpc) is 2.85. The molecule has 2 aromatic carbocycles. The van der Waals surface area contributed by atoms with E-state index in [1.807, 2.05) is 41.2 Å². The Kier molecular flexibility index (Phi) is 3.47. The van der Waals surface area contributed by atoms with Crippen LogP contribution in [0.5, 0.6) is 0 Å². The van der Waals surface area contributed by atoms with Gasteiger partial charge in [-0.2, -0.15) is 5.10 Å². The van der Waals surface area contributed by atoms with Crippen molar-refractivity contribution in [2.45, 2.75) is 6.54 Å². The van der Waals surface area contributed by atoms with Gasteiger partial charge in [0.15, 0.2) is 0 Å². The predicted molar refractivity (Wildman–Crippen MR) is 96.0 cm³/mol. The summed E-state index contributed by atoms with van der Waals surface area (Å²) in [4.78, 5) is 4.49. The lowest BCUT2D eigenvalue weighted by molar-refractivity contribution is 0.680. The van der Waals surface area contributed by atoms with Crippen LogP contribution in [-0.4, -0.2) is 14.8 Å². The maximum atomic E-state index is 4.68. The summed E-state index contributed by atoms with van der Waals surface area (Å²) in [5, 5.41) is 6.87. The minimum atomic E-state index is 0.728. The maximum absolute atomic E-state index is 4.68. The van der Waals surface area contributed by atoms with Crippen LogP contribution in [0.15, 0.2) is 63.8 Å². The second-order valence-electron chi connectivity index (χ2n) is 5.11. The molecule has 4 aromatic rings. The Morgan fingerprint density at radius 2 is 1.77 bits per heavy atom. The molecule has 2 aromatic heterocycles. The summed E-state index contributed by atoms with van der Waals surface area (Å²) in [6.45, 7) is 0.728. The third-order valence-electron chi connectivity index (χ3n) is 3.65. The highest BCUT2D eigenvalue weighted by atomic mass is 79.9. The van der Waals surface area contributed by atoms with E-state index in [4.69, 9.17) is 0 Å². The fraction of sp³-hybridized carbons (Fsp3) is 0.0588. The summed E-state index contributed by atoms with van der Waals surface area (Å²) in [6, 6.07) is 16.4. The highest BCUT2D eigenvalue weighted by molar-refractivity contribution is 9.10. The zero-order valence-corrected chi connectivity index (χ0v) is 14.7. The lowest BCUT2D eigenvalue weighted by Gasteiger charge is -2.03. The molecule has 22 heavy (non-hydrogen) atoms. The first-order chi connectivity index (χ1) is 10.7. The van der Waals surface area contributed by atoms with Crippen LogP contribution in [0.1, 0.15) is 5.56 Å². The van der Waals surface area contributed by atoms with Gasteiger partial charge >= 0.3 is 0 Å². The van der Waals surface area contributed by atoms with E-state index in [1.165, 1.54) is 5.56 Å². The van der Waals surface area contributed by atoms with Crippen molar-refractivity contribution in [1.29, 1.82) is 0 Å². The molecule has 0 spiro atoms. The van der Waals surface area contributed by atoms with E-state index < -0.39 is 0 Å². The first-order valence-electron chi connectivity index (χ1n) is 6.86. The highest BCUT2D eigenvalue weighted by Crippen LogP contribution is 2.32. The number of halogens is 2. The van der Waals surface area contributed by atoms with Crippen LogP contribution in [0.2, 0.25) is 0 Å². The monoisotopic (exact) mass is 415 g/mol. The Labute approximate surface area is 144 Å². The number of pyridine rings is 1. The molecule has 0 radical (unpaired) electrons. The molecular weight excluding hydrogens is 406 g/mol. The van der Waals surface area contributed by atoms with Crippen LogP contribution < -0.4 is 0 Å². The van der Waals surface area contributed by atoms with Crippen LogP contribution >= 0.6 is 31.9 Å². The Morgan fingerprint density at radius 3 is 2.59 bits per heavy atom. The molecule has 0 saturated heterocycles. The van der Waals surface area contributed by atoms with Crippen molar-refractivity contribution in [1.82, 2.24) is 14.8 Å². The minimum absolute atomic E-state index is 0.728. The van der Waals surface area contributed by atoms with Crippen molar-refractivity contribution >= 4 is 53.7 Å². The fourth-order valence-electron chi connectivity index (χ4n) is 2.61. The van der Waals surface area contributed by atoms with E-state index in [0.717, 1.165) is 37.4 Å². The van der Waals surface area contributed by atoms with Crippen molar-refractivity contribution < 1.29 is 0 Å². The van der Waals surface area contributed by atoms with E-state index >= 15 is 0 Å². The zero-order chi connectivity index (χ0) is 15.1. The molecule has 0 aliphatic rings. The van der Waals surface area contributed by atoms with Crippen LogP contribution in [0, 0.1) is 0 Å². The molecule has 2 heterocycles. The number of aromatic nitrogens is 3. The summed E-state index contributed by atoms with van der Waals surface area (Å²) in [5.41, 5.74) is 3.08. The maximum Gasteiger partial charge on any atom is 0.113 e. The van der Waals surface area contributed by atoms with Gasteiger partial charge in [0.25, 0.3) is 0 Å². The smallest absolute Gasteiger partial charge is 0.113 e. The van der Waals surface area contributed by atoms with Gasteiger partial charge < -0.3 is 0 Å². The van der Waals surface area contributed by atoms with Crippen molar-refractivity contribution in [3.8, 4) is 0 Å². The van der Waals surface area contributed by atoms with Crippen LogP contribution in [0.25, 0.3) is 21.8 Å². The summed E-state index contributed by atoms with van der Waals surface area (Å²) in [7, 11) is 0. The van der Waals surface area contributed by atoms with Crippen molar-refractivity contribution in [2.75, 3.05) is 0 Å². The lowest BCUT2D eigenvalue weighted by Crippen LogP contribution is -2.01. The third kappa shape index (κ3) is 2.34. The van der Waals surface area contributed by atoms with Gasteiger partial charge in [0.2, 0.25) is 0 Å². The number of benzene rings is 2. The largest absolute Gasteiger partial charge is 0.254 e. The van der Waals surface area contributed by atoms with Gasteiger partial charge in [-0.05, 0) is 39.7 Å². The number of nitrogens with zero attached hydrogens (tertiary/aromatic N) is 3. The van der Waals surface area contributed by atoms with E-state index in [0.29, 0.717) is 0 Å². The van der Waals surface area contributed by atoms with Gasteiger partial charge in [-0.25, -0.2) is 0 Å². The van der Waals surface area contributed by atoms with Crippen molar-refractivity contribution in [3.63, 3.8) is 0 Å². The molecule has 5 heteroatoms. The van der Waals surface area contributed by atoms with Gasteiger partial charge in [-0.1, -0.05) is 46.3 Å². The quantitative estimate of drug-likeness (QED) is 0.452. The second-order valence-corrected chi connectivity index (χ2v) is 6.78. The van der Waals surface area contributed by atoms with Crippen LogP contribution in [0.3, 0.4) is 0 Å². The van der Waals surface area contributed by atoms with Gasteiger partial charge in [0.1, 0.15) is 10.1 Å². The molecule has 0 N–H and O–H groups in total. The summed E-state index contributed by atoms with van der Waals surface area (Å²) >= 11 is 7.25. The summed E-state index contributed by atoms with van der Waals surface area (Å²) in [5.74, 6) is 0. The molecule has 4 rings (SSSR count). The standard InChI is InChI=1S/C17H11Br2N3/c18-12-6-7-14-13(8-12)16-15(9-20-14)21-22(17(16)19)10-11-4-2-1-3-5-11/h1-9H,10H2.